The van der Waals surface area contributed by atoms with Crippen LogP contribution in [0.2, 0.25) is 0 Å². The molecule has 0 aromatic heterocycles. The van der Waals surface area contributed by atoms with Crippen molar-refractivity contribution in [2.24, 2.45) is 17.2 Å². The fraction of sp³-hybridized carbons (Fsp3) is 1.00. The molecular weight excluding hydrogens is 991 g/mol. The third-order valence-corrected chi connectivity index (χ3v) is 15.5. The second-order valence-corrected chi connectivity index (χ2v) is 24.1. The molecule has 0 aromatic rings. The number of aliphatic hydroxyl groups is 5. The van der Waals surface area contributed by atoms with Crippen molar-refractivity contribution in [3.63, 3.8) is 0 Å². The van der Waals surface area contributed by atoms with Gasteiger partial charge in [0.15, 0.2) is 0 Å². The Balaban J connectivity index is -0.000000313. The summed E-state index contributed by atoms with van der Waals surface area (Å²) < 4.78 is 0. The van der Waals surface area contributed by atoms with E-state index in [9.17, 15) is 15.3 Å². The first kappa shape index (κ1) is 88.4. The van der Waals surface area contributed by atoms with Crippen molar-refractivity contribution in [3.8, 4) is 0 Å². The maximum absolute atomic E-state index is 10.2. The third-order valence-electron chi connectivity index (χ3n) is 15.5. The minimum absolute atomic E-state index is 0.0971. The molecule has 1 saturated heterocycles. The molecule has 0 aromatic carbocycles. The molecule has 0 saturated carbocycles. The van der Waals surface area contributed by atoms with E-state index in [-0.39, 0.29) is 30.5 Å². The summed E-state index contributed by atoms with van der Waals surface area (Å²) in [5.74, 6) is 0. The summed E-state index contributed by atoms with van der Waals surface area (Å²) >= 11 is 0. The lowest BCUT2D eigenvalue weighted by Gasteiger charge is -2.35. The summed E-state index contributed by atoms with van der Waals surface area (Å²) in [6.45, 7) is 27.2. The molecule has 10 heteroatoms. The Morgan fingerprint density at radius 1 is 0.275 bits per heavy atom. The van der Waals surface area contributed by atoms with Crippen LogP contribution in [0.15, 0.2) is 0 Å². The number of hydrogen-bond acceptors (Lipinski definition) is 10. The Labute approximate surface area is 503 Å². The van der Waals surface area contributed by atoms with E-state index in [4.69, 9.17) is 27.4 Å². The van der Waals surface area contributed by atoms with Gasteiger partial charge in [-0.2, -0.15) is 0 Å². The molecule has 1 aliphatic rings. The Hall–Kier alpha value is -0.400. The second kappa shape index (κ2) is 80.7. The highest BCUT2D eigenvalue weighted by molar-refractivity contribution is 4.74. The number of unbranched alkanes of at least 4 members (excludes halogenated alkanes) is 35. The van der Waals surface area contributed by atoms with Gasteiger partial charge in [-0.3, -0.25) is 9.80 Å². The number of β-amino-alcohol motifs (C(OH)–C–C–N with tert-alkyl or cyclic N) is 1. The van der Waals surface area contributed by atoms with Crippen LogP contribution in [0.4, 0.5) is 0 Å². The van der Waals surface area contributed by atoms with Crippen LogP contribution in [0.1, 0.15) is 364 Å². The van der Waals surface area contributed by atoms with E-state index in [2.05, 4.69) is 44.4 Å². The van der Waals surface area contributed by atoms with Crippen LogP contribution in [-0.4, -0.2) is 125 Å². The van der Waals surface area contributed by atoms with Gasteiger partial charge in [-0.05, 0) is 58.8 Å². The van der Waals surface area contributed by atoms with Crippen molar-refractivity contribution in [3.05, 3.63) is 0 Å². The molecule has 10 nitrogen and oxygen atoms in total. The first-order chi connectivity index (χ1) is 38.9. The molecule has 1 aliphatic heterocycles. The molecule has 5 atom stereocenters. The summed E-state index contributed by atoms with van der Waals surface area (Å²) in [4.78, 5) is 4.82. The van der Waals surface area contributed by atoms with Crippen LogP contribution in [-0.2, 0) is 0 Å². The topological polar surface area (TPSA) is 186 Å². The first-order valence-electron chi connectivity index (χ1n) is 35.9. The fourth-order valence-corrected chi connectivity index (χ4v) is 10.1. The van der Waals surface area contributed by atoms with Gasteiger partial charge in [0.1, 0.15) is 0 Å². The summed E-state index contributed by atoms with van der Waals surface area (Å²) in [6, 6.07) is 0. The highest BCUT2D eigenvalue weighted by Gasteiger charge is 2.18. The molecule has 1 heterocycles. The summed E-state index contributed by atoms with van der Waals surface area (Å²) in [5, 5.41) is 48.4. The smallest absolute Gasteiger partial charge is 0.0667 e. The predicted molar refractivity (Wildman–Crippen MR) is 358 cm³/mol. The molecule has 11 N–H and O–H groups in total. The second-order valence-electron chi connectivity index (χ2n) is 24.1. The lowest BCUT2D eigenvalue weighted by molar-refractivity contribution is 0.0683. The maximum Gasteiger partial charge on any atom is 0.0667 e. The normalized spacial score (nSPS) is 14.4. The zero-order valence-corrected chi connectivity index (χ0v) is 56.3. The molecule has 1 fully saturated rings. The molecule has 0 aliphatic carbocycles. The maximum atomic E-state index is 10.2. The van der Waals surface area contributed by atoms with Crippen molar-refractivity contribution >= 4 is 0 Å². The molecule has 0 spiro atoms. The lowest BCUT2D eigenvalue weighted by Crippen LogP contribution is -2.49. The van der Waals surface area contributed by atoms with Gasteiger partial charge in [0.25, 0.3) is 0 Å². The van der Waals surface area contributed by atoms with Gasteiger partial charge in [-0.25, -0.2) is 0 Å². The third kappa shape index (κ3) is 86.4. The van der Waals surface area contributed by atoms with E-state index in [1.165, 1.54) is 244 Å². The lowest BCUT2D eigenvalue weighted by atomic mass is 10.00. The van der Waals surface area contributed by atoms with Gasteiger partial charge in [-0.1, -0.05) is 305 Å². The molecule has 5 unspecified atom stereocenters. The number of rotatable bonds is 53. The van der Waals surface area contributed by atoms with Gasteiger partial charge in [-0.15, -0.1) is 0 Å². The van der Waals surface area contributed by atoms with E-state index in [0.29, 0.717) is 13.1 Å². The van der Waals surface area contributed by atoms with Gasteiger partial charge in [0, 0.05) is 58.9 Å². The Morgan fingerprint density at radius 2 is 0.487 bits per heavy atom. The van der Waals surface area contributed by atoms with Crippen molar-refractivity contribution in [1.29, 1.82) is 0 Å². The van der Waals surface area contributed by atoms with Gasteiger partial charge in [0.05, 0.1) is 30.5 Å². The summed E-state index contributed by atoms with van der Waals surface area (Å²) in [6.07, 6.45) is 58.9. The standard InChI is InChI=1S/C24H50O2.C18H39N3O.2C12H26O.C2H8N2.C2H6/c1-3-5-7-9-11-13-15-17-19-23(25)21-22-24(26)20-18-16-14-12-10-8-6-4-2;1-2-3-4-5-6-7-8-9-10-18(22)17-21-15-13-20(12-11-19)14-16-21;2*1-3-4-5-6-7-8-9-10-11-12(2)13;3-1-2-4;1-2/h23-26H,3-22H2,1-2H3;18,22H,2-17,19H2,1H3;2*12-13H,3-11H2,1-2H3;1-4H2;1-2H3. The van der Waals surface area contributed by atoms with E-state index in [1.54, 1.807) is 0 Å². The van der Waals surface area contributed by atoms with Crippen LogP contribution < -0.4 is 17.2 Å². The van der Waals surface area contributed by atoms with Gasteiger partial charge < -0.3 is 42.7 Å². The molecule has 0 bridgehead atoms. The monoisotopic (exact) mass is 1150 g/mol. The van der Waals surface area contributed by atoms with E-state index < -0.39 is 0 Å². The molecule has 0 radical (unpaired) electrons. The van der Waals surface area contributed by atoms with Crippen LogP contribution in [0.3, 0.4) is 0 Å². The van der Waals surface area contributed by atoms with Crippen LogP contribution in [0.25, 0.3) is 0 Å². The van der Waals surface area contributed by atoms with Crippen LogP contribution in [0.5, 0.6) is 0 Å². The zero-order chi connectivity index (χ0) is 60.6. The minimum Gasteiger partial charge on any atom is -0.393 e. The Kier molecular flexibility index (Phi) is 89.1. The van der Waals surface area contributed by atoms with Crippen molar-refractivity contribution in [2.45, 2.75) is 395 Å². The SMILES string of the molecule is CC.CCCCCCCCCCC(C)O.CCCCCCCCCCC(C)O.CCCCCCCCCCC(O)CCC(O)CCCCCCCCCC.CCCCCCCCCCC(O)CN1CCN(CCN)CC1.NCCN. The average Bonchev–Trinajstić information content (AvgIpc) is 3.45. The fourth-order valence-electron chi connectivity index (χ4n) is 10.1. The van der Waals surface area contributed by atoms with E-state index in [1.807, 2.05) is 27.7 Å². The van der Waals surface area contributed by atoms with E-state index >= 15 is 0 Å². The van der Waals surface area contributed by atoms with E-state index in [0.717, 1.165) is 104 Å². The van der Waals surface area contributed by atoms with Crippen molar-refractivity contribution < 1.29 is 25.5 Å². The largest absolute Gasteiger partial charge is 0.393 e. The average molecular weight is 1150 g/mol. The van der Waals surface area contributed by atoms with Gasteiger partial charge >= 0.3 is 0 Å². The highest BCUT2D eigenvalue weighted by Crippen LogP contribution is 2.18. The number of hydrogen-bond donors (Lipinski definition) is 8. The number of nitrogens with zero attached hydrogens (tertiary/aromatic N) is 2. The van der Waals surface area contributed by atoms with Crippen LogP contribution in [0, 0.1) is 0 Å². The number of nitrogens with two attached hydrogens (primary N) is 3. The van der Waals surface area contributed by atoms with Crippen molar-refractivity contribution in [2.75, 3.05) is 58.9 Å². The number of aliphatic hydroxyl groups excluding tert-OH is 5. The molecule has 80 heavy (non-hydrogen) atoms. The van der Waals surface area contributed by atoms with Gasteiger partial charge in [0.2, 0.25) is 0 Å². The number of piperazine rings is 1. The predicted octanol–water partition coefficient (Wildman–Crippen LogP) is 17.7. The highest BCUT2D eigenvalue weighted by atomic mass is 16.3. The molecule has 490 valence electrons. The summed E-state index contributed by atoms with van der Waals surface area (Å²) in [7, 11) is 0. The minimum atomic E-state index is -0.205. The first-order valence-corrected chi connectivity index (χ1v) is 35.9. The van der Waals surface area contributed by atoms with Crippen molar-refractivity contribution in [1.82, 2.24) is 9.80 Å². The summed E-state index contributed by atoms with van der Waals surface area (Å²) in [5.41, 5.74) is 15.4. The molecule has 1 rings (SSSR count). The Bertz CT molecular complexity index is 955. The molecule has 0 amide bonds. The van der Waals surface area contributed by atoms with Crippen LogP contribution >= 0.6 is 0 Å². The molecular formula is C70H155N5O5. The zero-order valence-electron chi connectivity index (χ0n) is 56.3. The Morgan fingerprint density at radius 3 is 0.713 bits per heavy atom. The quantitative estimate of drug-likeness (QED) is 0.0273.